The summed E-state index contributed by atoms with van der Waals surface area (Å²) in [7, 11) is 1.67. The minimum Gasteiger partial charge on any atom is -0.497 e. The van der Waals surface area contributed by atoms with Crippen LogP contribution in [0.1, 0.15) is 43.7 Å². The third kappa shape index (κ3) is 2.07. The highest BCUT2D eigenvalue weighted by Gasteiger charge is 2.44. The second-order valence-corrected chi connectivity index (χ2v) is 6.40. The molecule has 0 bridgehead atoms. The SMILES string of the molecule is CC[C@H]1c2ccc3cc(OC)ccc3c2CC[C@]1(C)C(=O)O. The lowest BCUT2D eigenvalue weighted by Gasteiger charge is -2.39. The molecule has 1 aliphatic rings. The summed E-state index contributed by atoms with van der Waals surface area (Å²) in [5, 5.41) is 12.1. The van der Waals surface area contributed by atoms with Crippen LogP contribution in [0.15, 0.2) is 30.3 Å². The lowest BCUT2D eigenvalue weighted by atomic mass is 9.63. The zero-order valence-corrected chi connectivity index (χ0v) is 13.3. The third-order valence-electron chi connectivity index (χ3n) is 5.31. The lowest BCUT2D eigenvalue weighted by Crippen LogP contribution is -2.38. The van der Waals surface area contributed by atoms with E-state index in [9.17, 15) is 9.90 Å². The average molecular weight is 298 g/mol. The molecule has 22 heavy (non-hydrogen) atoms. The number of carboxylic acid groups (broad SMARTS) is 1. The minimum atomic E-state index is -0.681. The molecule has 1 aliphatic carbocycles. The van der Waals surface area contributed by atoms with Crippen LogP contribution in [-0.2, 0) is 11.2 Å². The van der Waals surface area contributed by atoms with Crippen molar-refractivity contribution in [3.8, 4) is 5.75 Å². The van der Waals surface area contributed by atoms with E-state index in [1.54, 1.807) is 7.11 Å². The molecule has 0 amide bonds. The fourth-order valence-electron chi connectivity index (χ4n) is 3.95. The van der Waals surface area contributed by atoms with Crippen molar-refractivity contribution in [3.63, 3.8) is 0 Å². The van der Waals surface area contributed by atoms with Gasteiger partial charge in [0.1, 0.15) is 5.75 Å². The Bertz CT molecular complexity index is 735. The Kier molecular flexibility index (Phi) is 3.59. The van der Waals surface area contributed by atoms with Crippen molar-refractivity contribution in [2.24, 2.45) is 5.41 Å². The molecule has 3 rings (SSSR count). The van der Waals surface area contributed by atoms with E-state index in [4.69, 9.17) is 4.74 Å². The van der Waals surface area contributed by atoms with Crippen molar-refractivity contribution in [1.29, 1.82) is 0 Å². The second-order valence-electron chi connectivity index (χ2n) is 6.40. The summed E-state index contributed by atoms with van der Waals surface area (Å²) in [6, 6.07) is 10.3. The molecule has 3 nitrogen and oxygen atoms in total. The predicted octanol–water partition coefficient (Wildman–Crippen LogP) is 4.38. The Hall–Kier alpha value is -2.03. The van der Waals surface area contributed by atoms with Crippen LogP contribution in [0.2, 0.25) is 0 Å². The van der Waals surface area contributed by atoms with Gasteiger partial charge in [0.05, 0.1) is 12.5 Å². The molecule has 3 heteroatoms. The molecule has 0 aromatic heterocycles. The first kappa shape index (κ1) is 14.9. The van der Waals surface area contributed by atoms with Crippen molar-refractivity contribution in [3.05, 3.63) is 41.5 Å². The predicted molar refractivity (Wildman–Crippen MR) is 87.6 cm³/mol. The smallest absolute Gasteiger partial charge is 0.309 e. The maximum Gasteiger partial charge on any atom is 0.309 e. The average Bonchev–Trinajstić information content (AvgIpc) is 2.53. The summed E-state index contributed by atoms with van der Waals surface area (Å²) < 4.78 is 5.30. The number of hydrogen-bond acceptors (Lipinski definition) is 2. The van der Waals surface area contributed by atoms with Gasteiger partial charge in [-0.05, 0) is 66.1 Å². The van der Waals surface area contributed by atoms with E-state index in [1.165, 1.54) is 16.5 Å². The van der Waals surface area contributed by atoms with Crippen LogP contribution in [0.4, 0.5) is 0 Å². The van der Waals surface area contributed by atoms with Gasteiger partial charge in [0.15, 0.2) is 0 Å². The number of ether oxygens (including phenoxy) is 1. The van der Waals surface area contributed by atoms with Crippen molar-refractivity contribution < 1.29 is 14.6 Å². The summed E-state index contributed by atoms with van der Waals surface area (Å²) in [4.78, 5) is 11.8. The van der Waals surface area contributed by atoms with Gasteiger partial charge in [0.2, 0.25) is 0 Å². The number of aliphatic carboxylic acids is 1. The maximum absolute atomic E-state index is 11.8. The fourth-order valence-corrected chi connectivity index (χ4v) is 3.95. The van der Waals surface area contributed by atoms with Gasteiger partial charge in [0.25, 0.3) is 0 Å². The van der Waals surface area contributed by atoms with E-state index in [-0.39, 0.29) is 5.92 Å². The highest BCUT2D eigenvalue weighted by atomic mass is 16.5. The van der Waals surface area contributed by atoms with E-state index in [0.717, 1.165) is 24.0 Å². The zero-order chi connectivity index (χ0) is 15.9. The Labute approximate surface area is 130 Å². The summed E-state index contributed by atoms with van der Waals surface area (Å²) in [6.07, 6.45) is 2.36. The first-order valence-corrected chi connectivity index (χ1v) is 7.84. The topological polar surface area (TPSA) is 46.5 Å². The first-order valence-electron chi connectivity index (χ1n) is 7.84. The van der Waals surface area contributed by atoms with Gasteiger partial charge in [-0.2, -0.15) is 0 Å². The Balaban J connectivity index is 2.19. The van der Waals surface area contributed by atoms with Crippen LogP contribution in [0, 0.1) is 5.41 Å². The van der Waals surface area contributed by atoms with Gasteiger partial charge < -0.3 is 9.84 Å². The number of carbonyl (C=O) groups is 1. The third-order valence-corrected chi connectivity index (χ3v) is 5.31. The van der Waals surface area contributed by atoms with E-state index in [0.29, 0.717) is 6.42 Å². The summed E-state index contributed by atoms with van der Waals surface area (Å²) in [6.45, 7) is 3.98. The molecular formula is C19H22O3. The molecule has 116 valence electrons. The van der Waals surface area contributed by atoms with Crippen LogP contribution in [0.3, 0.4) is 0 Å². The molecule has 2 atom stereocenters. The number of aryl methyl sites for hydroxylation is 1. The number of rotatable bonds is 3. The van der Waals surface area contributed by atoms with E-state index >= 15 is 0 Å². The quantitative estimate of drug-likeness (QED) is 0.914. The molecule has 2 aromatic rings. The fraction of sp³-hybridized carbons (Fsp3) is 0.421. The standard InChI is InChI=1S/C19H22O3/c1-4-17-16-7-5-12-11-13(22-3)6-8-14(12)15(16)9-10-19(17,2)18(20)21/h5-8,11,17H,4,9-10H2,1-3H3,(H,20,21)/t17-,19-/m0/s1. The van der Waals surface area contributed by atoms with E-state index in [2.05, 4.69) is 25.1 Å². The minimum absolute atomic E-state index is 0.0697. The molecular weight excluding hydrogens is 276 g/mol. The molecule has 1 N–H and O–H groups in total. The van der Waals surface area contributed by atoms with Gasteiger partial charge >= 0.3 is 5.97 Å². The largest absolute Gasteiger partial charge is 0.497 e. The molecule has 0 spiro atoms. The number of benzene rings is 2. The van der Waals surface area contributed by atoms with Crippen LogP contribution >= 0.6 is 0 Å². The highest BCUT2D eigenvalue weighted by Crippen LogP contribution is 2.49. The van der Waals surface area contributed by atoms with Crippen molar-refractivity contribution in [2.75, 3.05) is 7.11 Å². The highest BCUT2D eigenvalue weighted by molar-refractivity contribution is 5.89. The Morgan fingerprint density at radius 1 is 1.36 bits per heavy atom. The Morgan fingerprint density at radius 3 is 2.77 bits per heavy atom. The summed E-state index contributed by atoms with van der Waals surface area (Å²) >= 11 is 0. The van der Waals surface area contributed by atoms with Gasteiger partial charge in [-0.15, -0.1) is 0 Å². The lowest BCUT2D eigenvalue weighted by molar-refractivity contribution is -0.150. The van der Waals surface area contributed by atoms with Crippen molar-refractivity contribution >= 4 is 16.7 Å². The maximum atomic E-state index is 11.8. The first-order chi connectivity index (χ1) is 10.5. The molecule has 0 fully saturated rings. The van der Waals surface area contributed by atoms with Gasteiger partial charge in [-0.1, -0.05) is 25.1 Å². The Morgan fingerprint density at radius 2 is 2.14 bits per heavy atom. The van der Waals surface area contributed by atoms with E-state index < -0.39 is 11.4 Å². The summed E-state index contributed by atoms with van der Waals surface area (Å²) in [5.41, 5.74) is 1.85. The molecule has 2 aromatic carbocycles. The molecule has 0 radical (unpaired) electrons. The monoisotopic (exact) mass is 298 g/mol. The molecule has 0 saturated heterocycles. The molecule has 0 heterocycles. The summed E-state index contributed by atoms with van der Waals surface area (Å²) in [5.74, 6) is 0.241. The van der Waals surface area contributed by atoms with Crippen LogP contribution in [0.5, 0.6) is 5.75 Å². The van der Waals surface area contributed by atoms with E-state index in [1.807, 2.05) is 19.1 Å². The molecule has 0 aliphatic heterocycles. The number of hydrogen-bond donors (Lipinski definition) is 1. The van der Waals surface area contributed by atoms with Crippen LogP contribution in [0.25, 0.3) is 10.8 Å². The normalized spacial score (nSPS) is 24.0. The molecule has 0 saturated carbocycles. The van der Waals surface area contributed by atoms with Crippen molar-refractivity contribution in [2.45, 2.75) is 39.0 Å². The van der Waals surface area contributed by atoms with Crippen LogP contribution in [-0.4, -0.2) is 18.2 Å². The van der Waals surface area contributed by atoms with Crippen molar-refractivity contribution in [1.82, 2.24) is 0 Å². The van der Waals surface area contributed by atoms with Gasteiger partial charge in [-0.25, -0.2) is 0 Å². The number of carboxylic acids is 1. The number of fused-ring (bicyclic) bond motifs is 3. The second kappa shape index (κ2) is 5.31. The molecule has 0 unspecified atom stereocenters. The van der Waals surface area contributed by atoms with Crippen LogP contribution < -0.4 is 4.74 Å². The zero-order valence-electron chi connectivity index (χ0n) is 13.3. The van der Waals surface area contributed by atoms with Gasteiger partial charge in [-0.3, -0.25) is 4.79 Å². The number of methoxy groups -OCH3 is 1. The van der Waals surface area contributed by atoms with Gasteiger partial charge in [0, 0.05) is 0 Å².